The maximum absolute atomic E-state index is 13.8. The summed E-state index contributed by atoms with van der Waals surface area (Å²) in [5.41, 5.74) is 1.57. The average Bonchev–Trinajstić information content (AvgIpc) is 3.59. The number of fused-ring (bicyclic) bond motifs is 5. The molecule has 13 heteroatoms. The second-order valence-corrected chi connectivity index (χ2v) is 14.4. The number of sulfone groups is 1. The van der Waals surface area contributed by atoms with E-state index in [0.717, 1.165) is 23.2 Å². The monoisotopic (exact) mass is 702 g/mol. The summed E-state index contributed by atoms with van der Waals surface area (Å²) in [4.78, 5) is 36.0. The minimum Gasteiger partial charge on any atom is -0.493 e. The summed E-state index contributed by atoms with van der Waals surface area (Å²) in [6.45, 7) is 2.81. The Balaban J connectivity index is 1.22. The highest BCUT2D eigenvalue weighted by Crippen LogP contribution is 2.33. The summed E-state index contributed by atoms with van der Waals surface area (Å²) in [5.74, 6) is 2.82. The predicted molar refractivity (Wildman–Crippen MR) is 186 cm³/mol. The van der Waals surface area contributed by atoms with Gasteiger partial charge in [0.1, 0.15) is 12.4 Å². The molecule has 0 N–H and O–H groups in total. The molecule has 0 fully saturated rings. The molecular formula is C37H42N4O8S. The van der Waals surface area contributed by atoms with E-state index in [-0.39, 0.29) is 29.7 Å². The molecule has 0 spiro atoms. The molecule has 50 heavy (non-hydrogen) atoms. The lowest BCUT2D eigenvalue weighted by Crippen LogP contribution is -2.47. The van der Waals surface area contributed by atoms with Crippen LogP contribution in [0.3, 0.4) is 0 Å². The van der Waals surface area contributed by atoms with Gasteiger partial charge in [-0.25, -0.2) is 13.4 Å². The number of hydrogen-bond acceptors (Lipinski definition) is 9. The Labute approximate surface area is 292 Å². The zero-order valence-corrected chi connectivity index (χ0v) is 29.1. The fourth-order valence-corrected chi connectivity index (χ4v) is 6.76. The third kappa shape index (κ3) is 8.39. The molecule has 2 aliphatic rings. The number of aromatic nitrogens is 2. The van der Waals surface area contributed by atoms with Gasteiger partial charge in [-0.15, -0.1) is 0 Å². The summed E-state index contributed by atoms with van der Waals surface area (Å²) in [6, 6.07) is 19.4. The molecule has 3 aromatic carbocycles. The van der Waals surface area contributed by atoms with Gasteiger partial charge in [-0.1, -0.05) is 24.3 Å². The number of benzene rings is 3. The van der Waals surface area contributed by atoms with Gasteiger partial charge in [0.2, 0.25) is 12.0 Å². The second-order valence-electron chi connectivity index (χ2n) is 12.4. The number of methoxy groups -OCH3 is 1. The number of nitrogens with zero attached hydrogens (tertiary/aromatic N) is 4. The summed E-state index contributed by atoms with van der Waals surface area (Å²) in [5, 5.41) is 0. The Kier molecular flexibility index (Phi) is 10.9. The van der Waals surface area contributed by atoms with Crippen LogP contribution in [0.1, 0.15) is 24.8 Å². The number of hydrogen-bond donors (Lipinski definition) is 0. The van der Waals surface area contributed by atoms with E-state index in [1.165, 1.54) is 12.1 Å². The van der Waals surface area contributed by atoms with E-state index in [9.17, 15) is 18.0 Å². The van der Waals surface area contributed by atoms with Gasteiger partial charge in [0.15, 0.2) is 32.8 Å². The molecule has 4 aromatic rings. The van der Waals surface area contributed by atoms with Crippen LogP contribution in [0.5, 0.6) is 23.0 Å². The summed E-state index contributed by atoms with van der Waals surface area (Å²) in [6.07, 6.45) is 6.04. The zero-order chi connectivity index (χ0) is 35.1. The molecule has 0 saturated carbocycles. The third-order valence-electron chi connectivity index (χ3n) is 8.84. The minimum atomic E-state index is -3.34. The van der Waals surface area contributed by atoms with Crippen molar-refractivity contribution in [1.29, 1.82) is 0 Å². The first-order valence-corrected chi connectivity index (χ1v) is 18.6. The number of amides is 2. The van der Waals surface area contributed by atoms with Crippen molar-refractivity contribution in [3.05, 3.63) is 84.7 Å². The second kappa shape index (κ2) is 15.7. The third-order valence-corrected chi connectivity index (χ3v) is 9.97. The van der Waals surface area contributed by atoms with Crippen molar-refractivity contribution in [3.63, 3.8) is 0 Å². The maximum atomic E-state index is 13.8. The van der Waals surface area contributed by atoms with Crippen LogP contribution in [0.15, 0.2) is 84.0 Å². The first kappa shape index (κ1) is 34.8. The van der Waals surface area contributed by atoms with Crippen LogP contribution in [-0.4, -0.2) is 98.4 Å². The molecule has 3 heterocycles. The molecule has 6 rings (SSSR count). The van der Waals surface area contributed by atoms with Gasteiger partial charge in [-0.05, 0) is 67.3 Å². The van der Waals surface area contributed by atoms with Gasteiger partial charge in [-0.2, -0.15) is 0 Å². The minimum absolute atomic E-state index is 0.0730. The van der Waals surface area contributed by atoms with Crippen molar-refractivity contribution in [3.8, 4) is 34.4 Å². The van der Waals surface area contributed by atoms with Gasteiger partial charge in [0.25, 0.3) is 5.91 Å². The Hall–Kier alpha value is -5.04. The topological polar surface area (TPSA) is 130 Å². The molecule has 1 aromatic heterocycles. The largest absolute Gasteiger partial charge is 0.493 e. The smallest absolute Gasteiger partial charge is 0.267 e. The molecule has 1 atom stereocenters. The molecule has 264 valence electrons. The van der Waals surface area contributed by atoms with Crippen LogP contribution in [-0.2, 0) is 32.4 Å². The highest BCUT2D eigenvalue weighted by Gasteiger charge is 2.31. The van der Waals surface area contributed by atoms with E-state index >= 15 is 0 Å². The van der Waals surface area contributed by atoms with Crippen molar-refractivity contribution in [2.75, 3.05) is 52.8 Å². The molecule has 1 unspecified atom stereocenters. The fourth-order valence-electron chi connectivity index (χ4n) is 6.13. The van der Waals surface area contributed by atoms with Gasteiger partial charge in [0.05, 0.1) is 25.0 Å². The van der Waals surface area contributed by atoms with Crippen LogP contribution in [0.2, 0.25) is 0 Å². The Bertz CT molecular complexity index is 1910. The number of rotatable bonds is 5. The van der Waals surface area contributed by atoms with Crippen molar-refractivity contribution < 1.29 is 37.0 Å². The lowest BCUT2D eigenvalue weighted by atomic mass is 10.1. The van der Waals surface area contributed by atoms with Crippen molar-refractivity contribution in [2.45, 2.75) is 43.2 Å². The molecular weight excluding hydrogens is 660 g/mol. The quantitative estimate of drug-likeness (QED) is 0.300. The van der Waals surface area contributed by atoms with E-state index in [2.05, 4.69) is 4.98 Å². The molecule has 2 bridgehead atoms. The lowest BCUT2D eigenvalue weighted by Gasteiger charge is -2.31. The standard InChI is InChI=1S/C37H42N4O8S/c1-46-30-15-12-28-25-33(30)47-23-7-19-41(37(43)34-26-48-31-8-3-4-9-32(31)49-34)18-6-5-17-39(21-22-40-20-16-38-36(28)40)35(42)24-27-10-13-29(14-11-27)50(2,44)45/h3-4,8-16,20,25,34H,5-7,17-19,21-24,26H2,1-2H3. The predicted octanol–water partition coefficient (Wildman–Crippen LogP) is 4.26. The lowest BCUT2D eigenvalue weighted by molar-refractivity contribution is -0.141. The van der Waals surface area contributed by atoms with Gasteiger partial charge in [-0.3, -0.25) is 9.59 Å². The fraction of sp³-hybridized carbons (Fsp3) is 0.378. The summed E-state index contributed by atoms with van der Waals surface area (Å²) >= 11 is 0. The van der Waals surface area contributed by atoms with Crippen LogP contribution in [0.4, 0.5) is 0 Å². The Morgan fingerprint density at radius 2 is 1.60 bits per heavy atom. The first-order valence-electron chi connectivity index (χ1n) is 16.8. The number of carbonyl (C=O) groups excluding carboxylic acids is 2. The van der Waals surface area contributed by atoms with E-state index in [1.54, 1.807) is 36.4 Å². The molecule has 2 aliphatic heterocycles. The highest BCUT2D eigenvalue weighted by atomic mass is 32.2. The number of imidazole rings is 1. The van der Waals surface area contributed by atoms with Gasteiger partial charge in [0, 0.05) is 56.9 Å². The SMILES string of the molecule is COc1ccc2cc1OCCCN(C(=O)C1COc3ccccc3O1)CCCCN(C(=O)Cc1ccc(S(C)(=O)=O)cc1)CCn1ccnc1-2. The van der Waals surface area contributed by atoms with Crippen LogP contribution in [0.25, 0.3) is 11.4 Å². The Morgan fingerprint density at radius 1 is 0.860 bits per heavy atom. The molecule has 2 amide bonds. The maximum Gasteiger partial charge on any atom is 0.267 e. The normalized spacial score (nSPS) is 17.2. The van der Waals surface area contributed by atoms with E-state index in [4.69, 9.17) is 18.9 Å². The number of ether oxygens (including phenoxy) is 4. The summed E-state index contributed by atoms with van der Waals surface area (Å²) < 4.78 is 49.6. The van der Waals surface area contributed by atoms with E-state index in [1.807, 2.05) is 52.1 Å². The molecule has 0 aliphatic carbocycles. The van der Waals surface area contributed by atoms with Crippen LogP contribution < -0.4 is 18.9 Å². The molecule has 0 radical (unpaired) electrons. The zero-order valence-electron chi connectivity index (χ0n) is 28.3. The van der Waals surface area contributed by atoms with E-state index in [0.29, 0.717) is 81.6 Å². The van der Waals surface area contributed by atoms with Crippen LogP contribution in [0, 0.1) is 0 Å². The van der Waals surface area contributed by atoms with Crippen LogP contribution >= 0.6 is 0 Å². The molecule has 0 saturated heterocycles. The van der Waals surface area contributed by atoms with Crippen molar-refractivity contribution >= 4 is 21.7 Å². The first-order chi connectivity index (χ1) is 24.2. The number of carbonyl (C=O) groups is 2. The Morgan fingerprint density at radius 3 is 2.36 bits per heavy atom. The van der Waals surface area contributed by atoms with Gasteiger partial charge < -0.3 is 33.3 Å². The number of para-hydroxylation sites is 2. The summed E-state index contributed by atoms with van der Waals surface area (Å²) in [7, 11) is -1.75. The molecule has 12 nitrogen and oxygen atoms in total. The van der Waals surface area contributed by atoms with Crippen molar-refractivity contribution in [2.24, 2.45) is 0 Å². The van der Waals surface area contributed by atoms with Gasteiger partial charge >= 0.3 is 0 Å². The average molecular weight is 703 g/mol. The van der Waals surface area contributed by atoms with Crippen molar-refractivity contribution in [1.82, 2.24) is 19.4 Å². The highest BCUT2D eigenvalue weighted by molar-refractivity contribution is 7.90. The van der Waals surface area contributed by atoms with E-state index < -0.39 is 15.9 Å².